The predicted molar refractivity (Wildman–Crippen MR) is 152 cm³/mol. The predicted octanol–water partition coefficient (Wildman–Crippen LogP) is 6.50. The van der Waals surface area contributed by atoms with Gasteiger partial charge in [-0.25, -0.2) is 4.98 Å². The first-order chi connectivity index (χ1) is 18.2. The first-order valence-electron chi connectivity index (χ1n) is 12.5. The summed E-state index contributed by atoms with van der Waals surface area (Å²) in [5.41, 5.74) is 5.26. The molecule has 0 saturated heterocycles. The number of aryl methyl sites for hydroxylation is 1. The molecule has 38 heavy (non-hydrogen) atoms. The van der Waals surface area contributed by atoms with Crippen molar-refractivity contribution in [2.24, 2.45) is 0 Å². The maximum absolute atomic E-state index is 13.2. The van der Waals surface area contributed by atoms with Crippen LogP contribution in [-0.2, 0) is 9.16 Å². The molecule has 0 amide bonds. The molecule has 10 heteroatoms. The summed E-state index contributed by atoms with van der Waals surface area (Å²) < 4.78 is 15.5. The lowest BCUT2D eigenvalue weighted by atomic mass is 9.98. The number of hydrogen-bond donors (Lipinski definition) is 1. The van der Waals surface area contributed by atoms with E-state index in [-0.39, 0.29) is 5.56 Å². The lowest BCUT2D eigenvalue weighted by Gasteiger charge is -2.28. The Kier molecular flexibility index (Phi) is 7.11. The number of imidazole rings is 1. The Morgan fingerprint density at radius 2 is 1.74 bits per heavy atom. The van der Waals surface area contributed by atoms with Crippen LogP contribution in [0, 0.1) is 6.92 Å². The molecule has 196 valence electrons. The quantitative estimate of drug-likeness (QED) is 0.177. The van der Waals surface area contributed by atoms with Gasteiger partial charge in [-0.1, -0.05) is 35.9 Å². The van der Waals surface area contributed by atoms with E-state index in [0.29, 0.717) is 28.6 Å². The Hall–Kier alpha value is -3.50. The summed E-state index contributed by atoms with van der Waals surface area (Å²) in [4.78, 5) is 21.0. The second-order valence-electron chi connectivity index (χ2n) is 9.97. The van der Waals surface area contributed by atoms with Crippen LogP contribution in [0.25, 0.3) is 39.5 Å². The van der Waals surface area contributed by atoms with E-state index in [2.05, 4.69) is 29.6 Å². The normalized spacial score (nSPS) is 12.8. The third-order valence-corrected chi connectivity index (χ3v) is 7.25. The fourth-order valence-electron chi connectivity index (χ4n) is 4.38. The zero-order chi connectivity index (χ0) is 27.0. The molecule has 3 aromatic rings. The molecule has 2 aliphatic rings. The maximum Gasteiger partial charge on any atom is 0.282 e. The Morgan fingerprint density at radius 3 is 2.39 bits per heavy atom. The number of ether oxygens (including phenoxy) is 1. The number of benzene rings is 2. The molecular formula is C28H30ClN5O3Si. The van der Waals surface area contributed by atoms with Gasteiger partial charge in [0.25, 0.3) is 5.56 Å². The number of aromatic nitrogens is 5. The number of nitrogens with one attached hydrogen (secondary N) is 1. The van der Waals surface area contributed by atoms with Crippen LogP contribution in [0.4, 0.5) is 0 Å². The van der Waals surface area contributed by atoms with Crippen molar-refractivity contribution in [3.63, 3.8) is 0 Å². The SMILES string of the molecule is CCOC(O[Si](C)(C)C)n1ccnc1-c1ccc(-c2c3nn(-c4ccc(Cl)cc4)c(=O)c-3c[nH]c2C)cc1. The number of H-pyrrole nitrogens is 1. The van der Waals surface area contributed by atoms with Crippen LogP contribution in [0.3, 0.4) is 0 Å². The molecule has 0 saturated carbocycles. The number of halogens is 1. The Labute approximate surface area is 227 Å². The number of hydrogen-bond acceptors (Lipinski definition) is 5. The van der Waals surface area contributed by atoms with E-state index in [1.54, 1.807) is 36.7 Å². The summed E-state index contributed by atoms with van der Waals surface area (Å²) in [5.74, 6) is 0.753. The summed E-state index contributed by atoms with van der Waals surface area (Å²) in [7, 11) is -1.87. The van der Waals surface area contributed by atoms with Gasteiger partial charge in [-0.15, -0.1) is 0 Å². The summed E-state index contributed by atoms with van der Waals surface area (Å²) in [6.07, 6.45) is 4.81. The van der Waals surface area contributed by atoms with Gasteiger partial charge in [0.2, 0.25) is 6.41 Å². The molecule has 1 unspecified atom stereocenters. The smallest absolute Gasteiger partial charge is 0.282 e. The van der Waals surface area contributed by atoms with Crippen LogP contribution in [0.15, 0.2) is 71.9 Å². The first kappa shape index (κ1) is 26.1. The molecule has 0 bridgehead atoms. The van der Waals surface area contributed by atoms with Crippen LogP contribution in [0.1, 0.15) is 19.0 Å². The fraction of sp³-hybridized carbons (Fsp3) is 0.250. The van der Waals surface area contributed by atoms with E-state index in [0.717, 1.165) is 28.2 Å². The van der Waals surface area contributed by atoms with E-state index in [9.17, 15) is 4.79 Å². The summed E-state index contributed by atoms with van der Waals surface area (Å²) in [6, 6.07) is 15.1. The van der Waals surface area contributed by atoms with Gasteiger partial charge in [-0.3, -0.25) is 9.36 Å². The summed E-state index contributed by atoms with van der Waals surface area (Å²) in [5, 5.41) is 5.31. The molecule has 0 aliphatic carbocycles. The molecule has 1 aromatic heterocycles. The van der Waals surface area contributed by atoms with Crippen LogP contribution in [-0.4, -0.2) is 39.2 Å². The zero-order valence-electron chi connectivity index (χ0n) is 22.0. The van der Waals surface area contributed by atoms with Crippen molar-refractivity contribution in [3.05, 3.63) is 88.2 Å². The first-order valence-corrected chi connectivity index (χ1v) is 16.2. The Bertz CT molecular complexity index is 1580. The van der Waals surface area contributed by atoms with Crippen molar-refractivity contribution in [2.45, 2.75) is 39.9 Å². The molecular weight excluding hydrogens is 518 g/mol. The molecule has 0 fully saturated rings. The van der Waals surface area contributed by atoms with Crippen molar-refractivity contribution in [3.8, 4) is 39.5 Å². The number of aromatic amines is 1. The van der Waals surface area contributed by atoms with Crippen molar-refractivity contribution in [1.82, 2.24) is 24.3 Å². The van der Waals surface area contributed by atoms with Crippen molar-refractivity contribution in [2.75, 3.05) is 6.61 Å². The van der Waals surface area contributed by atoms with Gasteiger partial charge in [-0.05, 0) is 63.3 Å². The van der Waals surface area contributed by atoms with Crippen LogP contribution < -0.4 is 5.56 Å². The Balaban J connectivity index is 1.53. The molecule has 3 heterocycles. The minimum absolute atomic E-state index is 0.192. The molecule has 1 N–H and O–H groups in total. The van der Waals surface area contributed by atoms with E-state index in [1.165, 1.54) is 4.68 Å². The molecule has 0 spiro atoms. The summed E-state index contributed by atoms with van der Waals surface area (Å²) in [6.45, 7) is 10.8. The summed E-state index contributed by atoms with van der Waals surface area (Å²) >= 11 is 6.03. The van der Waals surface area contributed by atoms with Gasteiger partial charge in [-0.2, -0.15) is 9.78 Å². The minimum atomic E-state index is -1.87. The van der Waals surface area contributed by atoms with Gasteiger partial charge < -0.3 is 14.1 Å². The third kappa shape index (κ3) is 5.10. The van der Waals surface area contributed by atoms with Gasteiger partial charge in [0.1, 0.15) is 11.5 Å². The van der Waals surface area contributed by atoms with Crippen molar-refractivity contribution >= 4 is 19.9 Å². The Morgan fingerprint density at radius 1 is 1.05 bits per heavy atom. The highest BCUT2D eigenvalue weighted by atomic mass is 35.5. The molecule has 5 rings (SSSR count). The van der Waals surface area contributed by atoms with Crippen LogP contribution >= 0.6 is 11.6 Å². The van der Waals surface area contributed by atoms with Gasteiger partial charge in [0.05, 0.1) is 11.3 Å². The average molecular weight is 548 g/mol. The lowest BCUT2D eigenvalue weighted by Crippen LogP contribution is -2.32. The highest BCUT2D eigenvalue weighted by molar-refractivity contribution is 6.69. The fourth-order valence-corrected chi connectivity index (χ4v) is 5.29. The van der Waals surface area contributed by atoms with E-state index in [1.807, 2.05) is 48.9 Å². The lowest BCUT2D eigenvalue weighted by molar-refractivity contribution is -0.134. The highest BCUT2D eigenvalue weighted by Gasteiger charge is 2.25. The highest BCUT2D eigenvalue weighted by Crippen LogP contribution is 2.34. The molecule has 2 aliphatic heterocycles. The monoisotopic (exact) mass is 547 g/mol. The topological polar surface area (TPSA) is 87.0 Å². The zero-order valence-corrected chi connectivity index (χ0v) is 23.8. The minimum Gasteiger partial charge on any atom is -0.377 e. The third-order valence-electron chi connectivity index (χ3n) is 6.09. The second-order valence-corrected chi connectivity index (χ2v) is 14.9. The molecule has 8 nitrogen and oxygen atoms in total. The van der Waals surface area contributed by atoms with Crippen LogP contribution in [0.5, 0.6) is 0 Å². The second kappa shape index (κ2) is 10.3. The number of fused-ring (bicyclic) bond motifs is 1. The van der Waals surface area contributed by atoms with Crippen molar-refractivity contribution in [1.29, 1.82) is 0 Å². The van der Waals surface area contributed by atoms with E-state index in [4.69, 9.17) is 25.9 Å². The maximum atomic E-state index is 13.2. The van der Waals surface area contributed by atoms with E-state index >= 15 is 0 Å². The largest absolute Gasteiger partial charge is 0.377 e. The molecule has 0 radical (unpaired) electrons. The number of rotatable bonds is 8. The van der Waals surface area contributed by atoms with Crippen molar-refractivity contribution < 1.29 is 9.16 Å². The van der Waals surface area contributed by atoms with Gasteiger partial charge in [0, 0.05) is 47.0 Å². The van der Waals surface area contributed by atoms with Gasteiger partial charge in [0.15, 0.2) is 8.32 Å². The number of nitrogens with zero attached hydrogens (tertiary/aromatic N) is 4. The van der Waals surface area contributed by atoms with Gasteiger partial charge >= 0.3 is 0 Å². The standard InChI is InChI=1S/C28H30ClN5O3Si/c1-6-36-28(37-38(3,4)5)33-16-15-30-26(33)20-9-7-19(8-10-20)24-18(2)31-17-23-25(24)32-34(27(23)35)22-13-11-21(29)12-14-22/h7-17,28,31H,6H2,1-5H3. The number of pyridine rings is 1. The van der Waals surface area contributed by atoms with E-state index < -0.39 is 14.7 Å². The average Bonchev–Trinajstić information content (AvgIpc) is 3.49. The molecule has 1 atom stereocenters. The van der Waals surface area contributed by atoms with Crippen LogP contribution in [0.2, 0.25) is 24.7 Å². The molecule has 2 aromatic carbocycles.